The fourth-order valence-electron chi connectivity index (χ4n) is 0.521. The monoisotopic (exact) mass is 278 g/mol. The molecule has 0 N–H and O–H groups in total. The summed E-state index contributed by atoms with van der Waals surface area (Å²) in [6.07, 6.45) is 6.69. The van der Waals surface area contributed by atoms with Crippen LogP contribution in [0.25, 0.3) is 0 Å². The SMILES string of the molecule is [C-]#Cc1ccccc1.[C-]#[O+].[C-]#[O+].[C-]#[O+].[C-]#[O+].[Li].[Ni]. The molecule has 4 nitrogen and oxygen atoms in total. The van der Waals surface area contributed by atoms with Crippen LogP contribution in [0, 0.1) is 38.9 Å². The molecule has 0 atom stereocenters. The van der Waals surface area contributed by atoms with Gasteiger partial charge in [0.1, 0.15) is 0 Å². The average Bonchev–Trinajstić information content (AvgIpc) is 2.48. The van der Waals surface area contributed by atoms with Crippen molar-refractivity contribution in [2.75, 3.05) is 0 Å². The first-order chi connectivity index (χ1) is 7.93. The van der Waals surface area contributed by atoms with E-state index in [-0.39, 0.29) is 35.4 Å². The minimum Gasteiger partial charge on any atom is 0 e. The van der Waals surface area contributed by atoms with Crippen LogP contribution in [0.1, 0.15) is 5.56 Å². The van der Waals surface area contributed by atoms with Crippen molar-refractivity contribution >= 4 is 18.9 Å². The van der Waals surface area contributed by atoms with E-state index in [9.17, 15) is 0 Å². The number of benzene rings is 1. The van der Waals surface area contributed by atoms with Crippen molar-refractivity contribution in [2.45, 2.75) is 0 Å². The van der Waals surface area contributed by atoms with Crippen molar-refractivity contribution in [1.82, 2.24) is 0 Å². The molecule has 0 spiro atoms. The van der Waals surface area contributed by atoms with Gasteiger partial charge in [0.05, 0.1) is 0 Å². The molecule has 0 fully saturated rings. The van der Waals surface area contributed by atoms with E-state index in [4.69, 9.17) is 25.0 Å². The summed E-state index contributed by atoms with van der Waals surface area (Å²) in [4.78, 5) is 0. The summed E-state index contributed by atoms with van der Waals surface area (Å²) in [5.41, 5.74) is 0.826. The maximum Gasteiger partial charge on any atom is 0 e. The zero-order valence-electron chi connectivity index (χ0n) is 9.34. The minimum atomic E-state index is 0. The van der Waals surface area contributed by atoms with E-state index in [1.54, 1.807) is 0 Å². The molecular formula is C12H5LiNiO4-. The van der Waals surface area contributed by atoms with Crippen LogP contribution in [0.15, 0.2) is 30.3 Å². The molecule has 0 aliphatic rings. The Bertz CT molecular complexity index is 325. The Hall–Kier alpha value is -1.17. The van der Waals surface area contributed by atoms with E-state index >= 15 is 0 Å². The molecule has 0 aliphatic heterocycles. The average molecular weight is 279 g/mol. The molecule has 0 heterocycles. The van der Waals surface area contributed by atoms with Crippen molar-refractivity contribution in [1.29, 1.82) is 0 Å². The molecule has 0 saturated heterocycles. The van der Waals surface area contributed by atoms with E-state index in [0.717, 1.165) is 5.56 Å². The first kappa shape index (κ1) is 36.0. The molecule has 0 unspecified atom stereocenters. The largest absolute Gasteiger partial charge is 0 e. The van der Waals surface area contributed by atoms with Gasteiger partial charge in [0.15, 0.2) is 0 Å². The van der Waals surface area contributed by atoms with E-state index in [0.29, 0.717) is 0 Å². The van der Waals surface area contributed by atoms with Crippen LogP contribution < -0.4 is 0 Å². The van der Waals surface area contributed by atoms with Crippen molar-refractivity contribution in [3.05, 3.63) is 68.9 Å². The molecule has 0 aromatic heterocycles. The smallest absolute Gasteiger partial charge is 0 e. The maximum atomic E-state index is 7.50. The van der Waals surface area contributed by atoms with Gasteiger partial charge in [-0.25, -0.2) is 0 Å². The zero-order chi connectivity index (χ0) is 13.8. The number of rotatable bonds is 0. The summed E-state index contributed by atoms with van der Waals surface area (Å²) in [5.74, 6) is 2.28. The predicted octanol–water partition coefficient (Wildman–Crippen LogP) is 1.09. The molecule has 1 aromatic rings. The summed E-state index contributed by atoms with van der Waals surface area (Å²) in [5, 5.41) is 0. The second kappa shape index (κ2) is 56.8. The normalized spacial score (nSPS) is 3.94. The third-order valence-electron chi connectivity index (χ3n) is 0.918. The fraction of sp³-hybridized carbons (Fsp3) is 0. The summed E-state index contributed by atoms with van der Waals surface area (Å²) >= 11 is 0. The third kappa shape index (κ3) is 36.4. The van der Waals surface area contributed by atoms with E-state index in [1.165, 1.54) is 0 Å². The Kier molecular flexibility index (Phi) is 113. The molecule has 1 radical (unpaired) electrons. The van der Waals surface area contributed by atoms with Gasteiger partial charge in [0, 0.05) is 35.4 Å². The second-order valence-electron chi connectivity index (χ2n) is 1.49. The van der Waals surface area contributed by atoms with Crippen molar-refractivity contribution in [2.24, 2.45) is 0 Å². The molecule has 0 aliphatic carbocycles. The summed E-state index contributed by atoms with van der Waals surface area (Å²) in [7, 11) is 0. The van der Waals surface area contributed by atoms with Crippen LogP contribution in [0.5, 0.6) is 0 Å². The van der Waals surface area contributed by atoms with E-state index in [1.807, 2.05) is 30.3 Å². The Morgan fingerprint density at radius 2 is 1.00 bits per heavy atom. The molecular weight excluding hydrogens is 274 g/mol. The van der Waals surface area contributed by atoms with Gasteiger partial charge in [-0.05, 0) is 0 Å². The minimum absolute atomic E-state index is 0. The maximum absolute atomic E-state index is 7.50. The summed E-state index contributed by atoms with van der Waals surface area (Å²) in [6.45, 7) is 18.0. The molecule has 1 aromatic carbocycles. The van der Waals surface area contributed by atoms with Gasteiger partial charge in [-0.1, -0.05) is 18.2 Å². The van der Waals surface area contributed by atoms with Crippen LogP contribution in [-0.2, 0) is 35.1 Å². The van der Waals surface area contributed by atoms with Crippen LogP contribution in [0.2, 0.25) is 0 Å². The molecule has 0 bridgehead atoms. The first-order valence-electron chi connectivity index (χ1n) is 3.23. The Morgan fingerprint density at radius 3 is 1.17 bits per heavy atom. The number of hydrogen-bond donors (Lipinski definition) is 0. The summed E-state index contributed by atoms with van der Waals surface area (Å²) < 4.78 is 30.0. The Labute approximate surface area is 129 Å². The van der Waals surface area contributed by atoms with Crippen molar-refractivity contribution in [3.8, 4) is 5.92 Å². The molecule has 0 saturated carbocycles. The molecule has 0 amide bonds. The van der Waals surface area contributed by atoms with Crippen LogP contribution in [0.4, 0.5) is 0 Å². The van der Waals surface area contributed by atoms with Crippen LogP contribution in [-0.4, -0.2) is 18.9 Å². The Balaban J connectivity index is -0.0000000315. The fourth-order valence-corrected chi connectivity index (χ4v) is 0.521. The molecule has 6 heteroatoms. The van der Waals surface area contributed by atoms with Gasteiger partial charge in [-0.3, -0.25) is 5.92 Å². The van der Waals surface area contributed by atoms with E-state index < -0.39 is 0 Å². The van der Waals surface area contributed by atoms with Gasteiger partial charge >= 0.3 is 45.2 Å². The second-order valence-corrected chi connectivity index (χ2v) is 1.49. The quantitative estimate of drug-likeness (QED) is 0.295. The van der Waals surface area contributed by atoms with Crippen LogP contribution >= 0.6 is 0 Å². The van der Waals surface area contributed by atoms with Crippen molar-refractivity contribution in [3.63, 3.8) is 0 Å². The van der Waals surface area contributed by atoms with E-state index in [2.05, 4.69) is 32.5 Å². The predicted molar refractivity (Wildman–Crippen MR) is 54.1 cm³/mol. The Morgan fingerprint density at radius 1 is 0.722 bits per heavy atom. The molecule has 18 heavy (non-hydrogen) atoms. The third-order valence-corrected chi connectivity index (χ3v) is 0.918. The van der Waals surface area contributed by atoms with Crippen molar-refractivity contribution < 1.29 is 35.1 Å². The summed E-state index contributed by atoms with van der Waals surface area (Å²) in [6, 6.07) is 9.37. The number of hydrogen-bond acceptors (Lipinski definition) is 0. The molecule has 1 rings (SSSR count). The van der Waals surface area contributed by atoms with Gasteiger partial charge in [0.2, 0.25) is 0 Å². The van der Waals surface area contributed by atoms with Gasteiger partial charge in [0.25, 0.3) is 0 Å². The standard InChI is InChI=1S/C8H5.4CO.Li.Ni/c1-2-8-6-4-3-5-7-8;4*1-2;;/h3-7H;;;;;;/q-1;;;;;;. The van der Waals surface area contributed by atoms with Gasteiger partial charge in [-0.15, -0.1) is 17.7 Å². The van der Waals surface area contributed by atoms with Crippen LogP contribution in [0.3, 0.4) is 0 Å². The molecule has 89 valence electrons. The van der Waals surface area contributed by atoms with Gasteiger partial charge in [-0.2, -0.15) is 0 Å². The topological polar surface area (TPSA) is 79.6 Å². The first-order valence-corrected chi connectivity index (χ1v) is 3.23. The zero-order valence-corrected chi connectivity index (χ0v) is 10.3. The van der Waals surface area contributed by atoms with Gasteiger partial charge < -0.3 is 6.42 Å².